The number of carbonyl (C=O) groups excluding carboxylic acids is 1. The van der Waals surface area contributed by atoms with Gasteiger partial charge in [0.2, 0.25) is 5.82 Å². The highest BCUT2D eigenvalue weighted by molar-refractivity contribution is 5.87. The highest BCUT2D eigenvalue weighted by Gasteiger charge is 2.35. The number of rotatable bonds is 7. The van der Waals surface area contributed by atoms with E-state index in [2.05, 4.69) is 15.5 Å². The van der Waals surface area contributed by atoms with Crippen molar-refractivity contribution < 1.29 is 23.2 Å². The third-order valence-corrected chi connectivity index (χ3v) is 5.28. The zero-order valence-corrected chi connectivity index (χ0v) is 18.0. The van der Waals surface area contributed by atoms with E-state index in [9.17, 15) is 9.18 Å². The van der Waals surface area contributed by atoms with Crippen molar-refractivity contribution in [2.45, 2.75) is 13.0 Å². The number of nitrogens with zero attached hydrogens (tertiary/aromatic N) is 3. The summed E-state index contributed by atoms with van der Waals surface area (Å²) >= 11 is 0. The van der Waals surface area contributed by atoms with Crippen LogP contribution in [0.2, 0.25) is 0 Å². The maximum absolute atomic E-state index is 13.7. The molecule has 1 aliphatic heterocycles. The van der Waals surface area contributed by atoms with E-state index in [0.717, 1.165) is 5.56 Å². The van der Waals surface area contributed by atoms with Gasteiger partial charge in [-0.2, -0.15) is 4.98 Å². The summed E-state index contributed by atoms with van der Waals surface area (Å²) in [5.74, 6) is 0.747. The molecule has 0 radical (unpaired) electrons. The molecule has 166 valence electrons. The van der Waals surface area contributed by atoms with Crippen LogP contribution in [0.15, 0.2) is 58.8 Å². The first-order valence-corrected chi connectivity index (χ1v) is 10.0. The van der Waals surface area contributed by atoms with Gasteiger partial charge in [-0.15, -0.1) is 0 Å². The van der Waals surface area contributed by atoms with Crippen LogP contribution < -0.4 is 10.1 Å². The summed E-state index contributed by atoms with van der Waals surface area (Å²) in [7, 11) is 3.15. The van der Waals surface area contributed by atoms with Gasteiger partial charge in [0, 0.05) is 18.4 Å². The Hall–Kier alpha value is -3.72. The first-order valence-electron chi connectivity index (χ1n) is 10.0. The number of ether oxygens (including phenoxy) is 2. The minimum atomic E-state index is -0.544. The van der Waals surface area contributed by atoms with E-state index in [0.29, 0.717) is 35.7 Å². The summed E-state index contributed by atoms with van der Waals surface area (Å²) in [5.41, 5.74) is 2.59. The highest BCUT2D eigenvalue weighted by atomic mass is 19.1. The summed E-state index contributed by atoms with van der Waals surface area (Å²) in [6.07, 6.45) is 0. The first kappa shape index (κ1) is 21.5. The zero-order chi connectivity index (χ0) is 22.7. The lowest BCUT2D eigenvalue weighted by molar-refractivity contribution is 0.158. The van der Waals surface area contributed by atoms with Crippen LogP contribution in [0.4, 0.5) is 9.18 Å². The monoisotopic (exact) mass is 438 g/mol. The van der Waals surface area contributed by atoms with E-state index < -0.39 is 11.9 Å². The van der Waals surface area contributed by atoms with E-state index in [4.69, 9.17) is 14.0 Å². The molecule has 0 saturated carbocycles. The molecule has 8 nitrogen and oxygen atoms in total. The molecule has 0 aliphatic carbocycles. The molecule has 1 aliphatic rings. The van der Waals surface area contributed by atoms with Crippen LogP contribution in [0, 0.1) is 5.82 Å². The van der Waals surface area contributed by atoms with E-state index >= 15 is 0 Å². The van der Waals surface area contributed by atoms with Crippen molar-refractivity contribution in [3.8, 4) is 17.1 Å². The van der Waals surface area contributed by atoms with E-state index in [1.807, 2.05) is 31.2 Å². The second-order valence-electron chi connectivity index (χ2n) is 7.24. The number of carbonyl (C=O) groups is 1. The first-order chi connectivity index (χ1) is 15.5. The second kappa shape index (κ2) is 9.19. The van der Waals surface area contributed by atoms with Crippen LogP contribution in [-0.4, -0.2) is 48.4 Å². The van der Waals surface area contributed by atoms with Gasteiger partial charge in [0.1, 0.15) is 11.6 Å². The SMILES string of the molecule is COCCN1C(=O)NC(c2cccc(OC)c2)C(c2nc(-c3cccc(F)c3)no2)=C1C. The number of urea groups is 1. The van der Waals surface area contributed by atoms with Gasteiger partial charge in [-0.25, -0.2) is 9.18 Å². The minimum absolute atomic E-state index is 0.233. The molecule has 2 aromatic carbocycles. The lowest BCUT2D eigenvalue weighted by Crippen LogP contribution is -2.47. The average molecular weight is 438 g/mol. The Morgan fingerprint density at radius 2 is 2.00 bits per heavy atom. The third-order valence-electron chi connectivity index (χ3n) is 5.28. The molecule has 1 N–H and O–H groups in total. The maximum atomic E-state index is 13.7. The molecule has 0 spiro atoms. The predicted molar refractivity (Wildman–Crippen MR) is 115 cm³/mol. The predicted octanol–water partition coefficient (Wildman–Crippen LogP) is 4.03. The number of hydrogen-bond donors (Lipinski definition) is 1. The van der Waals surface area contributed by atoms with Gasteiger partial charge in [0.25, 0.3) is 5.89 Å². The largest absolute Gasteiger partial charge is 0.497 e. The molecule has 0 bridgehead atoms. The number of allylic oxidation sites excluding steroid dienone is 1. The molecule has 1 atom stereocenters. The molecule has 4 rings (SSSR count). The quantitative estimate of drug-likeness (QED) is 0.599. The number of hydrogen-bond acceptors (Lipinski definition) is 6. The normalized spacial score (nSPS) is 16.3. The third kappa shape index (κ3) is 4.19. The Bertz CT molecular complexity index is 1160. The smallest absolute Gasteiger partial charge is 0.322 e. The van der Waals surface area contributed by atoms with Crippen molar-refractivity contribution in [2.75, 3.05) is 27.4 Å². The second-order valence-corrected chi connectivity index (χ2v) is 7.24. The lowest BCUT2D eigenvalue weighted by Gasteiger charge is -2.35. The lowest BCUT2D eigenvalue weighted by atomic mass is 9.94. The van der Waals surface area contributed by atoms with Crippen molar-refractivity contribution in [2.24, 2.45) is 0 Å². The van der Waals surface area contributed by atoms with Crippen LogP contribution in [0.3, 0.4) is 0 Å². The highest BCUT2D eigenvalue weighted by Crippen LogP contribution is 2.38. The van der Waals surface area contributed by atoms with Crippen molar-refractivity contribution in [3.05, 3.63) is 71.5 Å². The van der Waals surface area contributed by atoms with Crippen LogP contribution in [0.25, 0.3) is 17.0 Å². The van der Waals surface area contributed by atoms with Crippen molar-refractivity contribution in [1.29, 1.82) is 0 Å². The topological polar surface area (TPSA) is 89.7 Å². The molecule has 2 heterocycles. The summed E-state index contributed by atoms with van der Waals surface area (Å²) < 4.78 is 29.7. The Balaban J connectivity index is 1.81. The van der Waals surface area contributed by atoms with Gasteiger partial charge in [-0.3, -0.25) is 4.90 Å². The molecule has 3 aromatic rings. The summed E-state index contributed by atoms with van der Waals surface area (Å²) in [5, 5.41) is 7.05. The molecular formula is C23H23FN4O4. The van der Waals surface area contributed by atoms with Gasteiger partial charge in [-0.1, -0.05) is 29.4 Å². The number of benzene rings is 2. The standard InChI is InChI=1S/C23H23FN4O4/c1-14-19(22-26-21(27-32-22)16-7-4-8-17(24)12-16)20(15-6-5-9-18(13-15)31-3)25-23(29)28(14)10-11-30-2/h4-9,12-13,20H,10-11H2,1-3H3,(H,25,29). The minimum Gasteiger partial charge on any atom is -0.497 e. The van der Waals surface area contributed by atoms with E-state index in [1.165, 1.54) is 12.1 Å². The molecule has 2 amide bonds. The van der Waals surface area contributed by atoms with Gasteiger partial charge in [0.05, 0.1) is 31.9 Å². The molecule has 9 heteroatoms. The fourth-order valence-electron chi connectivity index (χ4n) is 3.66. The van der Waals surface area contributed by atoms with Crippen LogP contribution >= 0.6 is 0 Å². The Morgan fingerprint density at radius 3 is 2.75 bits per heavy atom. The number of amides is 2. The van der Waals surface area contributed by atoms with Crippen LogP contribution in [-0.2, 0) is 4.74 Å². The molecule has 1 unspecified atom stereocenters. The van der Waals surface area contributed by atoms with Crippen molar-refractivity contribution in [1.82, 2.24) is 20.4 Å². The van der Waals surface area contributed by atoms with Crippen molar-refractivity contribution >= 4 is 11.6 Å². The summed E-state index contributed by atoms with van der Waals surface area (Å²) in [6, 6.07) is 12.5. The van der Waals surface area contributed by atoms with Crippen molar-refractivity contribution in [3.63, 3.8) is 0 Å². The summed E-state index contributed by atoms with van der Waals surface area (Å²) in [6.45, 7) is 2.54. The van der Waals surface area contributed by atoms with Gasteiger partial charge in [-0.05, 0) is 36.8 Å². The number of methoxy groups -OCH3 is 2. The Morgan fingerprint density at radius 1 is 1.19 bits per heavy atom. The Labute approximate surface area is 184 Å². The molecule has 32 heavy (non-hydrogen) atoms. The molecule has 1 aromatic heterocycles. The van der Waals surface area contributed by atoms with Crippen LogP contribution in [0.1, 0.15) is 24.4 Å². The molecule has 0 fully saturated rings. The number of nitrogens with one attached hydrogen (secondary N) is 1. The fourth-order valence-corrected chi connectivity index (χ4v) is 3.66. The van der Waals surface area contributed by atoms with Gasteiger partial charge >= 0.3 is 6.03 Å². The number of halogens is 1. The van der Waals surface area contributed by atoms with Gasteiger partial charge < -0.3 is 19.3 Å². The van der Waals surface area contributed by atoms with E-state index in [-0.39, 0.29) is 17.7 Å². The fraction of sp³-hybridized carbons (Fsp3) is 0.261. The Kier molecular flexibility index (Phi) is 6.18. The summed E-state index contributed by atoms with van der Waals surface area (Å²) in [4.78, 5) is 19.0. The molecule has 0 saturated heterocycles. The number of aromatic nitrogens is 2. The zero-order valence-electron chi connectivity index (χ0n) is 18.0. The van der Waals surface area contributed by atoms with E-state index in [1.54, 1.807) is 31.3 Å². The molecular weight excluding hydrogens is 415 g/mol. The average Bonchev–Trinajstić information content (AvgIpc) is 3.28. The van der Waals surface area contributed by atoms with Crippen LogP contribution in [0.5, 0.6) is 5.75 Å². The van der Waals surface area contributed by atoms with Gasteiger partial charge in [0.15, 0.2) is 0 Å². The maximum Gasteiger partial charge on any atom is 0.322 e.